The molecule has 2 rings (SSSR count). The largest absolute Gasteiger partial charge is 0.349 e. The SMILES string of the molecule is CC(C)CC(=O)NC(c1ccccc1)C1CCCC1. The molecule has 2 nitrogen and oxygen atoms in total. The molecule has 2 heteroatoms. The molecule has 1 fully saturated rings. The summed E-state index contributed by atoms with van der Waals surface area (Å²) < 4.78 is 0. The fraction of sp³-hybridized carbons (Fsp3) is 0.588. The minimum absolute atomic E-state index is 0.191. The minimum Gasteiger partial charge on any atom is -0.349 e. The van der Waals surface area contributed by atoms with Gasteiger partial charge in [0.15, 0.2) is 0 Å². The van der Waals surface area contributed by atoms with Crippen LogP contribution in [-0.2, 0) is 4.79 Å². The summed E-state index contributed by atoms with van der Waals surface area (Å²) in [6.45, 7) is 4.18. The van der Waals surface area contributed by atoms with Gasteiger partial charge in [-0.3, -0.25) is 4.79 Å². The normalized spacial score (nSPS) is 17.6. The summed E-state index contributed by atoms with van der Waals surface area (Å²) in [6, 6.07) is 10.6. The molecule has 0 aliphatic heterocycles. The molecule has 0 aromatic heterocycles. The van der Waals surface area contributed by atoms with Crippen molar-refractivity contribution in [2.75, 3.05) is 0 Å². The standard InChI is InChI=1S/C17H25NO/c1-13(2)12-16(19)18-17(15-10-6-7-11-15)14-8-4-3-5-9-14/h3-5,8-9,13,15,17H,6-7,10-12H2,1-2H3,(H,18,19). The molecule has 1 N–H and O–H groups in total. The average Bonchev–Trinajstić information content (AvgIpc) is 2.90. The molecule has 19 heavy (non-hydrogen) atoms. The van der Waals surface area contributed by atoms with Crippen LogP contribution in [0.3, 0.4) is 0 Å². The lowest BCUT2D eigenvalue weighted by Gasteiger charge is -2.25. The molecule has 1 saturated carbocycles. The van der Waals surface area contributed by atoms with Crippen molar-refractivity contribution in [2.24, 2.45) is 11.8 Å². The van der Waals surface area contributed by atoms with Gasteiger partial charge >= 0.3 is 0 Å². The van der Waals surface area contributed by atoms with E-state index in [4.69, 9.17) is 0 Å². The summed E-state index contributed by atoms with van der Waals surface area (Å²) in [5.41, 5.74) is 1.26. The molecule has 0 bridgehead atoms. The van der Waals surface area contributed by atoms with Crippen molar-refractivity contribution in [1.82, 2.24) is 5.32 Å². The zero-order chi connectivity index (χ0) is 13.7. The first-order valence-electron chi connectivity index (χ1n) is 7.51. The van der Waals surface area contributed by atoms with Crippen LogP contribution in [0.2, 0.25) is 0 Å². The number of rotatable bonds is 5. The molecule has 0 spiro atoms. The van der Waals surface area contributed by atoms with E-state index in [0.29, 0.717) is 18.3 Å². The summed E-state index contributed by atoms with van der Waals surface area (Å²) in [5.74, 6) is 1.22. The second-order valence-electron chi connectivity index (χ2n) is 6.10. The van der Waals surface area contributed by atoms with Crippen LogP contribution in [0.1, 0.15) is 57.6 Å². The molecule has 1 aromatic rings. The van der Waals surface area contributed by atoms with Crippen LogP contribution >= 0.6 is 0 Å². The van der Waals surface area contributed by atoms with E-state index in [0.717, 1.165) is 0 Å². The molecule has 1 aromatic carbocycles. The maximum absolute atomic E-state index is 12.1. The number of hydrogen-bond acceptors (Lipinski definition) is 1. The third-order valence-electron chi connectivity index (χ3n) is 3.94. The molecule has 1 amide bonds. The fourth-order valence-corrected chi connectivity index (χ4v) is 3.03. The van der Waals surface area contributed by atoms with E-state index in [2.05, 4.69) is 43.4 Å². The lowest BCUT2D eigenvalue weighted by molar-refractivity contribution is -0.122. The first-order valence-corrected chi connectivity index (χ1v) is 7.51. The van der Waals surface area contributed by atoms with Crippen LogP contribution in [0.4, 0.5) is 0 Å². The predicted molar refractivity (Wildman–Crippen MR) is 78.7 cm³/mol. The van der Waals surface area contributed by atoms with Crippen LogP contribution in [-0.4, -0.2) is 5.91 Å². The maximum atomic E-state index is 12.1. The van der Waals surface area contributed by atoms with E-state index >= 15 is 0 Å². The Morgan fingerprint density at radius 3 is 2.42 bits per heavy atom. The molecular weight excluding hydrogens is 234 g/mol. The Morgan fingerprint density at radius 1 is 1.21 bits per heavy atom. The second-order valence-corrected chi connectivity index (χ2v) is 6.10. The number of hydrogen-bond donors (Lipinski definition) is 1. The van der Waals surface area contributed by atoms with E-state index in [9.17, 15) is 4.79 Å². The van der Waals surface area contributed by atoms with Gasteiger partial charge in [0.1, 0.15) is 0 Å². The molecule has 1 aliphatic carbocycles. The van der Waals surface area contributed by atoms with Gasteiger partial charge in [0.05, 0.1) is 6.04 Å². The van der Waals surface area contributed by atoms with Crippen molar-refractivity contribution in [3.63, 3.8) is 0 Å². The van der Waals surface area contributed by atoms with E-state index in [-0.39, 0.29) is 11.9 Å². The molecule has 104 valence electrons. The second kappa shape index (κ2) is 6.74. The summed E-state index contributed by atoms with van der Waals surface area (Å²) in [7, 11) is 0. The molecule has 0 radical (unpaired) electrons. The van der Waals surface area contributed by atoms with Crippen molar-refractivity contribution in [3.05, 3.63) is 35.9 Å². The Hall–Kier alpha value is -1.31. The zero-order valence-corrected chi connectivity index (χ0v) is 12.1. The molecule has 0 saturated heterocycles. The van der Waals surface area contributed by atoms with E-state index in [1.807, 2.05) is 6.07 Å². The Kier molecular flexibility index (Phi) is 5.00. The lowest BCUT2D eigenvalue weighted by atomic mass is 9.91. The average molecular weight is 259 g/mol. The van der Waals surface area contributed by atoms with Crippen molar-refractivity contribution >= 4 is 5.91 Å². The monoisotopic (exact) mass is 259 g/mol. The fourth-order valence-electron chi connectivity index (χ4n) is 3.03. The van der Waals surface area contributed by atoms with Crippen LogP contribution in [0.5, 0.6) is 0 Å². The third kappa shape index (κ3) is 4.09. The van der Waals surface area contributed by atoms with Crippen LogP contribution in [0, 0.1) is 11.8 Å². The van der Waals surface area contributed by atoms with Crippen LogP contribution in [0.25, 0.3) is 0 Å². The predicted octanol–water partition coefficient (Wildman–Crippen LogP) is 4.08. The first-order chi connectivity index (χ1) is 9.16. The van der Waals surface area contributed by atoms with Gasteiger partial charge in [-0.05, 0) is 30.2 Å². The van der Waals surface area contributed by atoms with E-state index < -0.39 is 0 Å². The Bertz CT molecular complexity index is 393. The zero-order valence-electron chi connectivity index (χ0n) is 12.1. The highest BCUT2D eigenvalue weighted by Crippen LogP contribution is 2.35. The summed E-state index contributed by atoms with van der Waals surface area (Å²) >= 11 is 0. The highest BCUT2D eigenvalue weighted by molar-refractivity contribution is 5.76. The van der Waals surface area contributed by atoms with Crippen molar-refractivity contribution in [3.8, 4) is 0 Å². The Labute approximate surface area is 116 Å². The Balaban J connectivity index is 2.08. The smallest absolute Gasteiger partial charge is 0.220 e. The minimum atomic E-state index is 0.191. The lowest BCUT2D eigenvalue weighted by Crippen LogP contribution is -2.33. The molecule has 1 aliphatic rings. The van der Waals surface area contributed by atoms with Crippen LogP contribution < -0.4 is 5.32 Å². The van der Waals surface area contributed by atoms with Crippen molar-refractivity contribution < 1.29 is 4.79 Å². The van der Waals surface area contributed by atoms with Gasteiger partial charge in [-0.25, -0.2) is 0 Å². The molecule has 0 heterocycles. The van der Waals surface area contributed by atoms with E-state index in [1.54, 1.807) is 0 Å². The van der Waals surface area contributed by atoms with Gasteiger partial charge < -0.3 is 5.32 Å². The highest BCUT2D eigenvalue weighted by Gasteiger charge is 2.27. The van der Waals surface area contributed by atoms with Gasteiger partial charge in [-0.15, -0.1) is 0 Å². The maximum Gasteiger partial charge on any atom is 0.220 e. The topological polar surface area (TPSA) is 29.1 Å². The molecule has 1 atom stereocenters. The summed E-state index contributed by atoms with van der Waals surface area (Å²) in [4.78, 5) is 12.1. The van der Waals surface area contributed by atoms with Gasteiger partial charge in [-0.1, -0.05) is 57.0 Å². The third-order valence-corrected chi connectivity index (χ3v) is 3.94. The summed E-state index contributed by atoms with van der Waals surface area (Å²) in [6.07, 6.45) is 5.70. The van der Waals surface area contributed by atoms with Crippen molar-refractivity contribution in [2.45, 2.75) is 52.0 Å². The van der Waals surface area contributed by atoms with Gasteiger partial charge in [-0.2, -0.15) is 0 Å². The molecule has 1 unspecified atom stereocenters. The Morgan fingerprint density at radius 2 is 1.84 bits per heavy atom. The van der Waals surface area contributed by atoms with E-state index in [1.165, 1.54) is 31.2 Å². The van der Waals surface area contributed by atoms with Gasteiger partial charge in [0.2, 0.25) is 5.91 Å². The molecular formula is C17H25NO. The van der Waals surface area contributed by atoms with Crippen molar-refractivity contribution in [1.29, 1.82) is 0 Å². The first kappa shape index (κ1) is 14.1. The number of carbonyl (C=O) groups excluding carboxylic acids is 1. The number of carbonyl (C=O) groups is 1. The van der Waals surface area contributed by atoms with Gasteiger partial charge in [0, 0.05) is 6.42 Å². The summed E-state index contributed by atoms with van der Waals surface area (Å²) in [5, 5.41) is 3.27. The van der Waals surface area contributed by atoms with Crippen LogP contribution in [0.15, 0.2) is 30.3 Å². The number of amides is 1. The van der Waals surface area contributed by atoms with Gasteiger partial charge in [0.25, 0.3) is 0 Å². The highest BCUT2D eigenvalue weighted by atomic mass is 16.1. The number of benzene rings is 1. The number of nitrogens with one attached hydrogen (secondary N) is 1. The quantitative estimate of drug-likeness (QED) is 0.848.